The fourth-order valence-electron chi connectivity index (χ4n) is 2.17. The van der Waals surface area contributed by atoms with Crippen molar-refractivity contribution in [1.29, 1.82) is 0 Å². The number of carbonyl (C=O) groups excluding carboxylic acids is 2. The highest BCUT2D eigenvalue weighted by molar-refractivity contribution is 6.06. The van der Waals surface area contributed by atoms with Crippen LogP contribution in [0.4, 0.5) is 4.79 Å². The summed E-state index contributed by atoms with van der Waals surface area (Å²) >= 11 is 0. The maximum absolute atomic E-state index is 11.8. The molecule has 92 valence electrons. The Balaban J connectivity index is 2.77. The Bertz CT molecular complexity index is 274. The van der Waals surface area contributed by atoms with E-state index in [1.165, 1.54) is 0 Å². The molecule has 1 N–H and O–H groups in total. The molecule has 0 aromatic heterocycles. The van der Waals surface area contributed by atoms with Crippen LogP contribution in [0.5, 0.6) is 0 Å². The summed E-state index contributed by atoms with van der Waals surface area (Å²) in [6.45, 7) is 7.31. The molecule has 5 heteroatoms. The molecule has 1 fully saturated rings. The molecular formula is C11H20N2O3. The Morgan fingerprint density at radius 2 is 1.88 bits per heavy atom. The summed E-state index contributed by atoms with van der Waals surface area (Å²) in [6.07, 6.45) is 1.26. The summed E-state index contributed by atoms with van der Waals surface area (Å²) in [4.78, 5) is 25.1. The van der Waals surface area contributed by atoms with E-state index in [2.05, 4.69) is 5.32 Å². The van der Waals surface area contributed by atoms with Gasteiger partial charge in [-0.05, 0) is 19.8 Å². The number of nitrogens with zero attached hydrogens (tertiary/aromatic N) is 1. The molecule has 16 heavy (non-hydrogen) atoms. The third-order valence-corrected chi connectivity index (χ3v) is 3.24. The van der Waals surface area contributed by atoms with E-state index in [-0.39, 0.29) is 11.9 Å². The smallest absolute Gasteiger partial charge is 0.325 e. The minimum absolute atomic E-state index is 0.181. The zero-order chi connectivity index (χ0) is 12.2. The van der Waals surface area contributed by atoms with Gasteiger partial charge in [-0.1, -0.05) is 13.8 Å². The number of imide groups is 1. The number of hydrogen-bond donors (Lipinski definition) is 1. The van der Waals surface area contributed by atoms with E-state index in [0.29, 0.717) is 32.6 Å². The summed E-state index contributed by atoms with van der Waals surface area (Å²) in [5.41, 5.74) is -0.672. The van der Waals surface area contributed by atoms with E-state index in [4.69, 9.17) is 4.74 Å². The highest BCUT2D eigenvalue weighted by Crippen LogP contribution is 2.28. The lowest BCUT2D eigenvalue weighted by Gasteiger charge is -2.33. The van der Waals surface area contributed by atoms with Crippen LogP contribution in [0.1, 0.15) is 33.6 Å². The molecule has 1 aliphatic rings. The first-order valence-electron chi connectivity index (χ1n) is 5.83. The number of hydrogen-bond acceptors (Lipinski definition) is 3. The van der Waals surface area contributed by atoms with Gasteiger partial charge in [-0.25, -0.2) is 4.79 Å². The molecule has 5 nitrogen and oxygen atoms in total. The third kappa shape index (κ3) is 2.04. The zero-order valence-corrected chi connectivity index (χ0v) is 10.2. The van der Waals surface area contributed by atoms with Crippen LogP contribution in [0.15, 0.2) is 0 Å². The number of ether oxygens (including phenoxy) is 1. The maximum atomic E-state index is 11.8. The SMILES string of the molecule is CCOCCN1C(=O)NC(=O)C1(CC)CC. The molecular weight excluding hydrogens is 208 g/mol. The van der Waals surface area contributed by atoms with E-state index in [9.17, 15) is 9.59 Å². The van der Waals surface area contributed by atoms with Crippen molar-refractivity contribution in [3.8, 4) is 0 Å². The van der Waals surface area contributed by atoms with Crippen LogP contribution < -0.4 is 5.32 Å². The third-order valence-electron chi connectivity index (χ3n) is 3.24. The number of carbonyl (C=O) groups is 2. The van der Waals surface area contributed by atoms with Gasteiger partial charge in [-0.3, -0.25) is 10.1 Å². The Hall–Kier alpha value is -1.10. The molecule has 1 heterocycles. The second kappa shape index (κ2) is 5.30. The fourth-order valence-corrected chi connectivity index (χ4v) is 2.17. The predicted octanol–water partition coefficient (Wildman–Crippen LogP) is 1.13. The van der Waals surface area contributed by atoms with E-state index >= 15 is 0 Å². The summed E-state index contributed by atoms with van der Waals surface area (Å²) in [5, 5.41) is 2.38. The monoisotopic (exact) mass is 228 g/mol. The topological polar surface area (TPSA) is 58.6 Å². The van der Waals surface area contributed by atoms with Crippen molar-refractivity contribution >= 4 is 11.9 Å². The van der Waals surface area contributed by atoms with Gasteiger partial charge in [0, 0.05) is 13.2 Å². The van der Waals surface area contributed by atoms with Crippen molar-refractivity contribution in [2.75, 3.05) is 19.8 Å². The first-order chi connectivity index (χ1) is 7.62. The van der Waals surface area contributed by atoms with Crippen LogP contribution >= 0.6 is 0 Å². The molecule has 0 aliphatic carbocycles. The largest absolute Gasteiger partial charge is 0.380 e. The van der Waals surface area contributed by atoms with Gasteiger partial charge in [0.15, 0.2) is 0 Å². The minimum Gasteiger partial charge on any atom is -0.380 e. The average Bonchev–Trinajstić information content (AvgIpc) is 2.51. The second-order valence-corrected chi connectivity index (χ2v) is 3.85. The van der Waals surface area contributed by atoms with Crippen molar-refractivity contribution in [3.63, 3.8) is 0 Å². The van der Waals surface area contributed by atoms with Crippen LogP contribution in [0.2, 0.25) is 0 Å². The van der Waals surface area contributed by atoms with E-state index < -0.39 is 5.54 Å². The molecule has 0 aromatic carbocycles. The van der Waals surface area contributed by atoms with Crippen LogP contribution in [0, 0.1) is 0 Å². The van der Waals surface area contributed by atoms with Crippen molar-refractivity contribution < 1.29 is 14.3 Å². The summed E-state index contributed by atoms with van der Waals surface area (Å²) < 4.78 is 5.23. The first-order valence-corrected chi connectivity index (χ1v) is 5.83. The molecule has 0 aromatic rings. The Morgan fingerprint density at radius 3 is 2.38 bits per heavy atom. The van der Waals surface area contributed by atoms with Gasteiger partial charge in [0.05, 0.1) is 6.61 Å². The number of nitrogens with one attached hydrogen (secondary N) is 1. The quantitative estimate of drug-likeness (QED) is 0.547. The summed E-state index contributed by atoms with van der Waals surface area (Å²) in [5.74, 6) is -0.181. The van der Waals surface area contributed by atoms with Crippen molar-refractivity contribution in [1.82, 2.24) is 10.2 Å². The van der Waals surface area contributed by atoms with Gasteiger partial charge in [0.2, 0.25) is 0 Å². The Labute approximate surface area is 96.1 Å². The maximum Gasteiger partial charge on any atom is 0.325 e. The average molecular weight is 228 g/mol. The van der Waals surface area contributed by atoms with Crippen molar-refractivity contribution in [2.45, 2.75) is 39.2 Å². The number of urea groups is 1. The second-order valence-electron chi connectivity index (χ2n) is 3.85. The number of rotatable bonds is 6. The summed E-state index contributed by atoms with van der Waals surface area (Å²) in [7, 11) is 0. The van der Waals surface area contributed by atoms with Gasteiger partial charge in [-0.15, -0.1) is 0 Å². The Kier molecular flexibility index (Phi) is 4.29. The molecule has 1 aliphatic heterocycles. The van der Waals surface area contributed by atoms with Crippen LogP contribution in [0.3, 0.4) is 0 Å². The highest BCUT2D eigenvalue weighted by Gasteiger charge is 2.49. The molecule has 0 atom stereocenters. The lowest BCUT2D eigenvalue weighted by Crippen LogP contribution is -2.49. The summed E-state index contributed by atoms with van der Waals surface area (Å²) in [6, 6.07) is -0.298. The van der Waals surface area contributed by atoms with Crippen LogP contribution in [-0.2, 0) is 9.53 Å². The Morgan fingerprint density at radius 1 is 1.25 bits per heavy atom. The first kappa shape index (κ1) is 13.0. The van der Waals surface area contributed by atoms with Crippen molar-refractivity contribution in [3.05, 3.63) is 0 Å². The molecule has 0 bridgehead atoms. The number of amides is 3. The minimum atomic E-state index is -0.672. The molecule has 0 saturated carbocycles. The lowest BCUT2D eigenvalue weighted by atomic mass is 9.91. The van der Waals surface area contributed by atoms with E-state index in [1.54, 1.807) is 4.90 Å². The van der Waals surface area contributed by atoms with Gasteiger partial charge in [-0.2, -0.15) is 0 Å². The van der Waals surface area contributed by atoms with Gasteiger partial charge < -0.3 is 9.64 Å². The zero-order valence-electron chi connectivity index (χ0n) is 10.2. The van der Waals surface area contributed by atoms with Crippen LogP contribution in [0.25, 0.3) is 0 Å². The van der Waals surface area contributed by atoms with E-state index in [0.717, 1.165) is 0 Å². The predicted molar refractivity (Wildman–Crippen MR) is 60.1 cm³/mol. The highest BCUT2D eigenvalue weighted by atomic mass is 16.5. The van der Waals surface area contributed by atoms with Crippen molar-refractivity contribution in [2.24, 2.45) is 0 Å². The fraction of sp³-hybridized carbons (Fsp3) is 0.818. The van der Waals surface area contributed by atoms with Gasteiger partial charge >= 0.3 is 6.03 Å². The van der Waals surface area contributed by atoms with Gasteiger partial charge in [0.1, 0.15) is 5.54 Å². The van der Waals surface area contributed by atoms with Crippen LogP contribution in [-0.4, -0.2) is 42.1 Å². The lowest BCUT2D eigenvalue weighted by molar-refractivity contribution is -0.127. The normalized spacial score (nSPS) is 19.1. The standard InChI is InChI=1S/C11H20N2O3/c1-4-11(5-2)9(14)12-10(15)13(11)7-8-16-6-3/h4-8H2,1-3H3,(H,12,14,15). The molecule has 0 spiro atoms. The van der Waals surface area contributed by atoms with E-state index in [1.807, 2.05) is 20.8 Å². The molecule has 3 amide bonds. The molecule has 0 unspecified atom stereocenters. The molecule has 1 saturated heterocycles. The van der Waals surface area contributed by atoms with Gasteiger partial charge in [0.25, 0.3) is 5.91 Å². The molecule has 1 rings (SSSR count). The molecule has 0 radical (unpaired) electrons.